The molecule has 2 aromatic carbocycles. The molecule has 2 rings (SSSR count). The third kappa shape index (κ3) is 3.06. The van der Waals surface area contributed by atoms with Gasteiger partial charge in [0.25, 0.3) is 10.1 Å². The summed E-state index contributed by atoms with van der Waals surface area (Å²) in [5, 5.41) is 0. The summed E-state index contributed by atoms with van der Waals surface area (Å²) in [7, 11) is -4.18. The summed E-state index contributed by atoms with van der Waals surface area (Å²) >= 11 is 0. The van der Waals surface area contributed by atoms with Gasteiger partial charge in [0.2, 0.25) is 0 Å². The Morgan fingerprint density at radius 1 is 0.824 bits per heavy atom. The van der Waals surface area contributed by atoms with Crippen molar-refractivity contribution in [3.05, 3.63) is 54.6 Å². The lowest BCUT2D eigenvalue weighted by Crippen LogP contribution is -2.00. The van der Waals surface area contributed by atoms with Crippen molar-refractivity contribution in [2.45, 2.75) is 4.90 Å². The summed E-state index contributed by atoms with van der Waals surface area (Å²) < 4.78 is 31.5. The van der Waals surface area contributed by atoms with Crippen LogP contribution in [0.25, 0.3) is 11.1 Å². The molecule has 0 aliphatic heterocycles. The smallest absolute Gasteiger partial charge is 0.282 e. The van der Waals surface area contributed by atoms with Crippen molar-refractivity contribution in [3.8, 4) is 11.1 Å². The van der Waals surface area contributed by atoms with Gasteiger partial charge < -0.3 is 0 Å². The van der Waals surface area contributed by atoms with Gasteiger partial charge in [-0.15, -0.1) is 12.4 Å². The van der Waals surface area contributed by atoms with E-state index in [1.807, 2.05) is 18.2 Å². The fourth-order valence-electron chi connectivity index (χ4n) is 1.55. The Morgan fingerprint density at radius 2 is 1.35 bits per heavy atom. The second kappa shape index (κ2) is 5.31. The third-order valence-corrected chi connectivity index (χ3v) is 3.16. The van der Waals surface area contributed by atoms with E-state index in [-0.39, 0.29) is 17.3 Å². The average molecular weight is 271 g/mol. The van der Waals surface area contributed by atoms with E-state index < -0.39 is 10.1 Å². The molecular formula is C12H11ClO3S. The first kappa shape index (κ1) is 13.7. The minimum atomic E-state index is -4.18. The van der Waals surface area contributed by atoms with Crippen molar-refractivity contribution < 1.29 is 13.0 Å². The number of benzene rings is 2. The summed E-state index contributed by atoms with van der Waals surface area (Å²) in [6, 6.07) is 15.4. The van der Waals surface area contributed by atoms with E-state index in [0.717, 1.165) is 5.56 Å². The highest BCUT2D eigenvalue weighted by Crippen LogP contribution is 2.26. The lowest BCUT2D eigenvalue weighted by molar-refractivity contribution is 0.483. The Labute approximate surface area is 106 Å². The zero-order valence-electron chi connectivity index (χ0n) is 8.78. The maximum Gasteiger partial charge on any atom is 0.295 e. The van der Waals surface area contributed by atoms with E-state index in [2.05, 4.69) is 0 Å². The Bertz CT molecular complexity index is 594. The first-order valence-electron chi connectivity index (χ1n) is 4.71. The van der Waals surface area contributed by atoms with Gasteiger partial charge in [-0.3, -0.25) is 4.55 Å². The molecule has 0 aliphatic carbocycles. The van der Waals surface area contributed by atoms with Crippen LogP contribution >= 0.6 is 12.4 Å². The molecule has 0 bridgehead atoms. The Hall–Kier alpha value is -1.36. The molecule has 1 N–H and O–H groups in total. The minimum absolute atomic E-state index is 0. The van der Waals surface area contributed by atoms with Crippen molar-refractivity contribution >= 4 is 22.5 Å². The zero-order chi connectivity index (χ0) is 11.6. The fraction of sp³-hybridized carbons (Fsp3) is 0. The molecule has 0 saturated heterocycles. The van der Waals surface area contributed by atoms with Crippen LogP contribution < -0.4 is 0 Å². The molecule has 17 heavy (non-hydrogen) atoms. The molecule has 0 aliphatic rings. The van der Waals surface area contributed by atoms with E-state index >= 15 is 0 Å². The quantitative estimate of drug-likeness (QED) is 0.854. The van der Waals surface area contributed by atoms with Crippen molar-refractivity contribution in [1.29, 1.82) is 0 Å². The molecule has 0 unspecified atom stereocenters. The topological polar surface area (TPSA) is 54.4 Å². The highest BCUT2D eigenvalue weighted by molar-refractivity contribution is 7.86. The SMILES string of the molecule is Cl.O=S(=O)(O)c1ccccc1-c1ccccc1. The molecule has 0 spiro atoms. The molecule has 0 fully saturated rings. The van der Waals surface area contributed by atoms with Crippen LogP contribution in [0.5, 0.6) is 0 Å². The average Bonchev–Trinajstić information content (AvgIpc) is 2.29. The summed E-state index contributed by atoms with van der Waals surface area (Å²) in [6.07, 6.45) is 0. The molecule has 0 aromatic heterocycles. The van der Waals surface area contributed by atoms with Gasteiger partial charge in [-0.2, -0.15) is 8.42 Å². The predicted molar refractivity (Wildman–Crippen MR) is 68.9 cm³/mol. The standard InChI is InChI=1S/C12H10O3S.ClH/c13-16(14,15)12-9-5-4-8-11(12)10-6-2-1-3-7-10;/h1-9H,(H,13,14,15);1H. The molecule has 2 aromatic rings. The Kier molecular flexibility index (Phi) is 4.28. The normalized spacial score (nSPS) is 10.6. The molecule has 0 saturated carbocycles. The molecule has 0 amide bonds. The number of hydrogen-bond acceptors (Lipinski definition) is 2. The highest BCUT2D eigenvalue weighted by atomic mass is 35.5. The van der Waals surface area contributed by atoms with Crippen LogP contribution in [0.4, 0.5) is 0 Å². The van der Waals surface area contributed by atoms with E-state index in [4.69, 9.17) is 4.55 Å². The second-order valence-electron chi connectivity index (χ2n) is 3.34. The van der Waals surface area contributed by atoms with E-state index in [1.54, 1.807) is 30.3 Å². The van der Waals surface area contributed by atoms with Crippen LogP contribution in [0.15, 0.2) is 59.5 Å². The largest absolute Gasteiger partial charge is 0.295 e. The second-order valence-corrected chi connectivity index (χ2v) is 4.73. The van der Waals surface area contributed by atoms with Gasteiger partial charge in [0.1, 0.15) is 4.90 Å². The maximum absolute atomic E-state index is 11.2. The van der Waals surface area contributed by atoms with Gasteiger partial charge in [-0.1, -0.05) is 48.5 Å². The van der Waals surface area contributed by atoms with Gasteiger partial charge in [-0.05, 0) is 11.6 Å². The lowest BCUT2D eigenvalue weighted by atomic mass is 10.1. The Balaban J connectivity index is 0.00000144. The predicted octanol–water partition coefficient (Wildman–Crippen LogP) is 3.02. The van der Waals surface area contributed by atoms with E-state index in [1.165, 1.54) is 6.07 Å². The molecule has 90 valence electrons. The van der Waals surface area contributed by atoms with Crippen molar-refractivity contribution in [1.82, 2.24) is 0 Å². The number of hydrogen-bond donors (Lipinski definition) is 1. The van der Waals surface area contributed by atoms with Gasteiger partial charge in [0, 0.05) is 5.56 Å². The van der Waals surface area contributed by atoms with Crippen LogP contribution in [0.1, 0.15) is 0 Å². The highest BCUT2D eigenvalue weighted by Gasteiger charge is 2.15. The molecule has 3 nitrogen and oxygen atoms in total. The Morgan fingerprint density at radius 3 is 1.94 bits per heavy atom. The molecule has 0 radical (unpaired) electrons. The first-order chi connectivity index (χ1) is 7.59. The molecular weight excluding hydrogens is 260 g/mol. The van der Waals surface area contributed by atoms with Crippen molar-refractivity contribution in [2.24, 2.45) is 0 Å². The summed E-state index contributed by atoms with van der Waals surface area (Å²) in [4.78, 5) is -0.0683. The van der Waals surface area contributed by atoms with E-state index in [0.29, 0.717) is 5.56 Å². The molecule has 0 heterocycles. The zero-order valence-corrected chi connectivity index (χ0v) is 10.4. The summed E-state index contributed by atoms with van der Waals surface area (Å²) in [5.74, 6) is 0. The van der Waals surface area contributed by atoms with Gasteiger partial charge in [0.15, 0.2) is 0 Å². The third-order valence-electron chi connectivity index (χ3n) is 2.25. The maximum atomic E-state index is 11.2. The lowest BCUT2D eigenvalue weighted by Gasteiger charge is -2.06. The van der Waals surface area contributed by atoms with Crippen LogP contribution in [0.2, 0.25) is 0 Å². The van der Waals surface area contributed by atoms with Crippen LogP contribution in [0.3, 0.4) is 0 Å². The number of rotatable bonds is 2. The van der Waals surface area contributed by atoms with Crippen LogP contribution in [-0.2, 0) is 10.1 Å². The van der Waals surface area contributed by atoms with Gasteiger partial charge >= 0.3 is 0 Å². The van der Waals surface area contributed by atoms with E-state index in [9.17, 15) is 8.42 Å². The van der Waals surface area contributed by atoms with Crippen LogP contribution in [0, 0.1) is 0 Å². The molecule has 0 atom stereocenters. The molecule has 5 heteroatoms. The minimum Gasteiger partial charge on any atom is -0.282 e. The van der Waals surface area contributed by atoms with Gasteiger partial charge in [-0.25, -0.2) is 0 Å². The fourth-order valence-corrected chi connectivity index (χ4v) is 2.26. The summed E-state index contributed by atoms with van der Waals surface area (Å²) in [6.45, 7) is 0. The van der Waals surface area contributed by atoms with Gasteiger partial charge in [0.05, 0.1) is 0 Å². The first-order valence-corrected chi connectivity index (χ1v) is 6.15. The monoisotopic (exact) mass is 270 g/mol. The van der Waals surface area contributed by atoms with Crippen molar-refractivity contribution in [2.75, 3.05) is 0 Å². The van der Waals surface area contributed by atoms with Crippen molar-refractivity contribution in [3.63, 3.8) is 0 Å². The summed E-state index contributed by atoms with van der Waals surface area (Å²) in [5.41, 5.74) is 1.27. The number of halogens is 1. The van der Waals surface area contributed by atoms with Crippen LogP contribution in [-0.4, -0.2) is 13.0 Å².